The molecule has 4 rings (SSSR count). The summed E-state index contributed by atoms with van der Waals surface area (Å²) in [7, 11) is 0. The normalized spacial score (nSPS) is 21.5. The maximum absolute atomic E-state index is 13.8. The van der Waals surface area contributed by atoms with Gasteiger partial charge in [-0.1, -0.05) is 18.2 Å². The van der Waals surface area contributed by atoms with Crippen LogP contribution in [-0.2, 0) is 21.4 Å². The van der Waals surface area contributed by atoms with E-state index in [0.29, 0.717) is 13.0 Å². The summed E-state index contributed by atoms with van der Waals surface area (Å²) in [4.78, 5) is 26.6. The van der Waals surface area contributed by atoms with Crippen LogP contribution in [-0.4, -0.2) is 29.8 Å². The van der Waals surface area contributed by atoms with Crippen LogP contribution in [0.3, 0.4) is 0 Å². The molecule has 2 aliphatic heterocycles. The van der Waals surface area contributed by atoms with E-state index in [1.165, 1.54) is 0 Å². The SMILES string of the molecule is O=C(Cc1cc(F)ccc1F)N1CCC2(C1)C(=O)Nc1ccccc12. The fourth-order valence-corrected chi connectivity index (χ4v) is 3.76. The number of nitrogens with zero attached hydrogens (tertiary/aromatic N) is 1. The second-order valence-electron chi connectivity index (χ2n) is 6.56. The van der Waals surface area contributed by atoms with Gasteiger partial charge in [-0.2, -0.15) is 0 Å². The average molecular weight is 342 g/mol. The van der Waals surface area contributed by atoms with E-state index in [9.17, 15) is 18.4 Å². The highest BCUT2D eigenvalue weighted by Gasteiger charge is 2.51. The molecule has 0 saturated carbocycles. The highest BCUT2D eigenvalue weighted by Crippen LogP contribution is 2.44. The molecular weight excluding hydrogens is 326 g/mol. The molecule has 0 bridgehead atoms. The first-order chi connectivity index (χ1) is 12.0. The molecule has 2 heterocycles. The van der Waals surface area contributed by atoms with Crippen molar-refractivity contribution < 1.29 is 18.4 Å². The number of benzene rings is 2. The van der Waals surface area contributed by atoms with Gasteiger partial charge in [-0.15, -0.1) is 0 Å². The van der Waals surface area contributed by atoms with Gasteiger partial charge in [0.25, 0.3) is 0 Å². The molecule has 1 fully saturated rings. The molecule has 0 radical (unpaired) electrons. The molecule has 1 unspecified atom stereocenters. The largest absolute Gasteiger partial charge is 0.341 e. The Hall–Kier alpha value is -2.76. The Kier molecular flexibility index (Phi) is 3.56. The number of carbonyl (C=O) groups is 2. The molecule has 6 heteroatoms. The van der Waals surface area contributed by atoms with Gasteiger partial charge in [0.15, 0.2) is 0 Å². The summed E-state index contributed by atoms with van der Waals surface area (Å²) in [6.45, 7) is 0.670. The molecule has 1 saturated heterocycles. The molecule has 2 aromatic carbocycles. The zero-order chi connectivity index (χ0) is 17.6. The predicted octanol–water partition coefficient (Wildman–Crippen LogP) is 2.63. The zero-order valence-corrected chi connectivity index (χ0v) is 13.4. The first-order valence-electron chi connectivity index (χ1n) is 8.12. The van der Waals surface area contributed by atoms with Crippen molar-refractivity contribution in [2.75, 3.05) is 18.4 Å². The quantitative estimate of drug-likeness (QED) is 0.912. The summed E-state index contributed by atoms with van der Waals surface area (Å²) in [5.41, 5.74) is 0.958. The number of amides is 2. The number of carbonyl (C=O) groups excluding carboxylic acids is 2. The summed E-state index contributed by atoms with van der Waals surface area (Å²) in [6, 6.07) is 10.5. The van der Waals surface area contributed by atoms with Gasteiger partial charge in [-0.3, -0.25) is 9.59 Å². The molecule has 25 heavy (non-hydrogen) atoms. The predicted molar refractivity (Wildman–Crippen MR) is 88.0 cm³/mol. The van der Waals surface area contributed by atoms with Crippen molar-refractivity contribution in [2.24, 2.45) is 0 Å². The van der Waals surface area contributed by atoms with Crippen LogP contribution < -0.4 is 5.32 Å². The molecule has 1 atom stereocenters. The maximum atomic E-state index is 13.8. The average Bonchev–Trinajstić information content (AvgIpc) is 3.15. The van der Waals surface area contributed by atoms with Crippen molar-refractivity contribution in [2.45, 2.75) is 18.3 Å². The molecule has 1 N–H and O–H groups in total. The fourth-order valence-electron chi connectivity index (χ4n) is 3.76. The number of likely N-dealkylation sites (tertiary alicyclic amines) is 1. The van der Waals surface area contributed by atoms with Crippen molar-refractivity contribution in [1.82, 2.24) is 4.90 Å². The van der Waals surface area contributed by atoms with E-state index in [1.807, 2.05) is 24.3 Å². The standard InChI is InChI=1S/C19H16F2N2O2/c20-13-5-6-15(21)12(9-13)10-17(24)23-8-7-19(11-23)14-3-1-2-4-16(14)22-18(19)25/h1-6,9H,7-8,10-11H2,(H,22,25). The second kappa shape index (κ2) is 5.65. The van der Waals surface area contributed by atoms with Crippen molar-refractivity contribution in [3.05, 3.63) is 65.2 Å². The Balaban J connectivity index is 1.56. The van der Waals surface area contributed by atoms with E-state index >= 15 is 0 Å². The van der Waals surface area contributed by atoms with Crippen molar-refractivity contribution in [1.29, 1.82) is 0 Å². The van der Waals surface area contributed by atoms with E-state index in [-0.39, 0.29) is 30.3 Å². The van der Waals surface area contributed by atoms with Gasteiger partial charge in [0.05, 0.1) is 11.8 Å². The van der Waals surface area contributed by atoms with Gasteiger partial charge in [0.2, 0.25) is 11.8 Å². The van der Waals surface area contributed by atoms with E-state index in [4.69, 9.17) is 0 Å². The smallest absolute Gasteiger partial charge is 0.236 e. The molecule has 0 aromatic heterocycles. The van der Waals surface area contributed by atoms with Gasteiger partial charge in [-0.25, -0.2) is 8.78 Å². The molecule has 2 aromatic rings. The fraction of sp³-hybridized carbons (Fsp3) is 0.263. The second-order valence-corrected chi connectivity index (χ2v) is 6.56. The first-order valence-corrected chi connectivity index (χ1v) is 8.12. The Labute approximate surface area is 143 Å². The third kappa shape index (κ3) is 2.49. The monoisotopic (exact) mass is 342 g/mol. The maximum Gasteiger partial charge on any atom is 0.236 e. The van der Waals surface area contributed by atoms with E-state index < -0.39 is 17.0 Å². The third-order valence-electron chi connectivity index (χ3n) is 5.10. The molecule has 1 spiro atoms. The van der Waals surface area contributed by atoms with Gasteiger partial charge in [0, 0.05) is 24.3 Å². The lowest BCUT2D eigenvalue weighted by molar-refractivity contribution is -0.130. The van der Waals surface area contributed by atoms with Crippen LogP contribution in [0.15, 0.2) is 42.5 Å². The number of fused-ring (bicyclic) bond motifs is 2. The Bertz CT molecular complexity index is 883. The summed E-state index contributed by atoms with van der Waals surface area (Å²) in [5, 5.41) is 2.87. The minimum atomic E-state index is -0.743. The molecule has 128 valence electrons. The Morgan fingerprint density at radius 3 is 2.84 bits per heavy atom. The molecule has 2 aliphatic rings. The minimum Gasteiger partial charge on any atom is -0.341 e. The Morgan fingerprint density at radius 1 is 1.20 bits per heavy atom. The van der Waals surface area contributed by atoms with Crippen LogP contribution in [0.25, 0.3) is 0 Å². The van der Waals surface area contributed by atoms with E-state index in [1.54, 1.807) is 4.90 Å². The number of rotatable bonds is 2. The van der Waals surface area contributed by atoms with Crippen molar-refractivity contribution >= 4 is 17.5 Å². The van der Waals surface area contributed by atoms with E-state index in [2.05, 4.69) is 5.32 Å². The lowest BCUT2D eigenvalue weighted by Gasteiger charge is -2.22. The lowest BCUT2D eigenvalue weighted by atomic mass is 9.81. The van der Waals surface area contributed by atoms with Gasteiger partial charge in [-0.05, 0) is 36.2 Å². The topological polar surface area (TPSA) is 49.4 Å². The molecular formula is C19H16F2N2O2. The van der Waals surface area contributed by atoms with Gasteiger partial charge < -0.3 is 10.2 Å². The van der Waals surface area contributed by atoms with Crippen LogP contribution in [0.1, 0.15) is 17.5 Å². The number of para-hydroxylation sites is 1. The summed E-state index contributed by atoms with van der Waals surface area (Å²) in [6.07, 6.45) is 0.302. The molecule has 4 nitrogen and oxygen atoms in total. The van der Waals surface area contributed by atoms with Crippen LogP contribution in [0.5, 0.6) is 0 Å². The highest BCUT2D eigenvalue weighted by molar-refractivity contribution is 6.07. The highest BCUT2D eigenvalue weighted by atomic mass is 19.1. The van der Waals surface area contributed by atoms with Crippen LogP contribution in [0.4, 0.5) is 14.5 Å². The first kappa shape index (κ1) is 15.7. The number of anilines is 1. The van der Waals surface area contributed by atoms with Crippen LogP contribution in [0.2, 0.25) is 0 Å². The van der Waals surface area contributed by atoms with Gasteiger partial charge >= 0.3 is 0 Å². The number of nitrogens with one attached hydrogen (secondary N) is 1. The third-order valence-corrected chi connectivity index (χ3v) is 5.10. The molecule has 2 amide bonds. The van der Waals surface area contributed by atoms with Gasteiger partial charge in [0.1, 0.15) is 11.6 Å². The van der Waals surface area contributed by atoms with Crippen LogP contribution in [0, 0.1) is 11.6 Å². The van der Waals surface area contributed by atoms with Crippen molar-refractivity contribution in [3.8, 4) is 0 Å². The number of hydrogen-bond donors (Lipinski definition) is 1. The zero-order valence-electron chi connectivity index (χ0n) is 13.4. The summed E-state index contributed by atoms with van der Waals surface area (Å²) >= 11 is 0. The number of hydrogen-bond acceptors (Lipinski definition) is 2. The summed E-state index contributed by atoms with van der Waals surface area (Å²) < 4.78 is 27.1. The summed E-state index contributed by atoms with van der Waals surface area (Å²) in [5.74, 6) is -1.60. The lowest BCUT2D eigenvalue weighted by Crippen LogP contribution is -2.39. The van der Waals surface area contributed by atoms with Crippen molar-refractivity contribution in [3.63, 3.8) is 0 Å². The Morgan fingerprint density at radius 2 is 2.00 bits per heavy atom. The van der Waals surface area contributed by atoms with E-state index in [0.717, 1.165) is 29.4 Å². The van der Waals surface area contributed by atoms with Crippen LogP contribution >= 0.6 is 0 Å². The molecule has 0 aliphatic carbocycles. The minimum absolute atomic E-state index is 0.0298. The number of halogens is 2.